The van der Waals surface area contributed by atoms with Crippen molar-refractivity contribution in [1.82, 2.24) is 5.32 Å². The van der Waals surface area contributed by atoms with Crippen LogP contribution in [0.3, 0.4) is 0 Å². The van der Waals surface area contributed by atoms with E-state index in [1.807, 2.05) is 19.9 Å². The SMILES string of the molecule is CC(C)NC(=O)c1ccccc1NC(=O)c1ccc(NC(=O)c2ccccc2)cc1. The summed E-state index contributed by atoms with van der Waals surface area (Å²) in [5.41, 5.74) is 2.37. The molecule has 0 heterocycles. The van der Waals surface area contributed by atoms with E-state index in [1.165, 1.54) is 0 Å². The van der Waals surface area contributed by atoms with Gasteiger partial charge in [0.1, 0.15) is 0 Å². The van der Waals surface area contributed by atoms with Gasteiger partial charge in [0.25, 0.3) is 17.7 Å². The first-order valence-electron chi connectivity index (χ1n) is 9.62. The van der Waals surface area contributed by atoms with E-state index in [2.05, 4.69) is 16.0 Å². The van der Waals surface area contributed by atoms with Gasteiger partial charge >= 0.3 is 0 Å². The van der Waals surface area contributed by atoms with Crippen LogP contribution >= 0.6 is 0 Å². The second-order valence-electron chi connectivity index (χ2n) is 7.03. The summed E-state index contributed by atoms with van der Waals surface area (Å²) in [4.78, 5) is 37.2. The van der Waals surface area contributed by atoms with Gasteiger partial charge in [-0.3, -0.25) is 14.4 Å². The number of hydrogen-bond donors (Lipinski definition) is 3. The van der Waals surface area contributed by atoms with Crippen LogP contribution in [0.25, 0.3) is 0 Å². The molecule has 6 heteroatoms. The van der Waals surface area contributed by atoms with Crippen molar-refractivity contribution in [3.05, 3.63) is 95.6 Å². The van der Waals surface area contributed by atoms with Crippen LogP contribution in [0.1, 0.15) is 44.9 Å². The summed E-state index contributed by atoms with van der Waals surface area (Å²) in [5, 5.41) is 8.39. The molecular weight excluding hydrogens is 378 g/mol. The molecule has 0 atom stereocenters. The van der Waals surface area contributed by atoms with Gasteiger partial charge < -0.3 is 16.0 Å². The monoisotopic (exact) mass is 401 g/mol. The largest absolute Gasteiger partial charge is 0.350 e. The molecule has 0 saturated carbocycles. The third-order valence-corrected chi connectivity index (χ3v) is 4.28. The number of rotatable bonds is 6. The molecule has 0 radical (unpaired) electrons. The Morgan fingerprint density at radius 2 is 1.20 bits per heavy atom. The first kappa shape index (κ1) is 20.8. The van der Waals surface area contributed by atoms with E-state index in [4.69, 9.17) is 0 Å². The van der Waals surface area contributed by atoms with Crippen LogP contribution in [0, 0.1) is 0 Å². The Balaban J connectivity index is 1.68. The molecule has 0 aliphatic carbocycles. The van der Waals surface area contributed by atoms with Gasteiger partial charge in [-0.15, -0.1) is 0 Å². The van der Waals surface area contributed by atoms with Crippen molar-refractivity contribution >= 4 is 29.1 Å². The summed E-state index contributed by atoms with van der Waals surface area (Å²) >= 11 is 0. The predicted octanol–water partition coefficient (Wildman–Crippen LogP) is 4.33. The normalized spacial score (nSPS) is 10.4. The highest BCUT2D eigenvalue weighted by Gasteiger charge is 2.15. The van der Waals surface area contributed by atoms with Crippen LogP contribution in [0.15, 0.2) is 78.9 Å². The molecule has 30 heavy (non-hydrogen) atoms. The van der Waals surface area contributed by atoms with Gasteiger partial charge in [-0.25, -0.2) is 0 Å². The van der Waals surface area contributed by atoms with Crippen LogP contribution in [-0.4, -0.2) is 23.8 Å². The third kappa shape index (κ3) is 5.32. The maximum Gasteiger partial charge on any atom is 0.255 e. The number of benzene rings is 3. The van der Waals surface area contributed by atoms with Crippen molar-refractivity contribution in [2.24, 2.45) is 0 Å². The second-order valence-corrected chi connectivity index (χ2v) is 7.03. The Morgan fingerprint density at radius 3 is 1.87 bits per heavy atom. The molecule has 0 aromatic heterocycles. The lowest BCUT2D eigenvalue weighted by Gasteiger charge is -2.13. The molecule has 0 spiro atoms. The van der Waals surface area contributed by atoms with Gasteiger partial charge in [-0.1, -0.05) is 30.3 Å². The van der Waals surface area contributed by atoms with Gasteiger partial charge in [-0.05, 0) is 62.4 Å². The molecule has 6 nitrogen and oxygen atoms in total. The van der Waals surface area contributed by atoms with Crippen molar-refractivity contribution in [1.29, 1.82) is 0 Å². The number of nitrogens with one attached hydrogen (secondary N) is 3. The second kappa shape index (κ2) is 9.52. The Kier molecular flexibility index (Phi) is 6.60. The lowest BCUT2D eigenvalue weighted by molar-refractivity contribution is 0.0943. The van der Waals surface area contributed by atoms with E-state index in [0.717, 1.165) is 0 Å². The Morgan fingerprint density at radius 1 is 0.633 bits per heavy atom. The highest BCUT2D eigenvalue weighted by atomic mass is 16.2. The number of amides is 3. The standard InChI is InChI=1S/C24H23N3O3/c1-16(2)25-24(30)20-10-6-7-11-21(20)27-23(29)18-12-14-19(15-13-18)26-22(28)17-8-4-3-5-9-17/h3-16H,1-2H3,(H,25,30)(H,26,28)(H,27,29). The van der Waals surface area contributed by atoms with Gasteiger partial charge in [0.05, 0.1) is 11.3 Å². The van der Waals surface area contributed by atoms with Gasteiger partial charge in [0, 0.05) is 22.9 Å². The van der Waals surface area contributed by atoms with Crippen molar-refractivity contribution in [3.63, 3.8) is 0 Å². The summed E-state index contributed by atoms with van der Waals surface area (Å²) in [6.07, 6.45) is 0. The van der Waals surface area contributed by atoms with Crippen molar-refractivity contribution in [3.8, 4) is 0 Å². The summed E-state index contributed by atoms with van der Waals surface area (Å²) < 4.78 is 0. The molecule has 0 bridgehead atoms. The molecule has 0 aliphatic heterocycles. The molecule has 3 amide bonds. The minimum Gasteiger partial charge on any atom is -0.350 e. The highest BCUT2D eigenvalue weighted by molar-refractivity contribution is 6.09. The summed E-state index contributed by atoms with van der Waals surface area (Å²) in [6, 6.07) is 22.3. The van der Waals surface area contributed by atoms with E-state index in [-0.39, 0.29) is 23.8 Å². The van der Waals surface area contributed by atoms with E-state index >= 15 is 0 Å². The van der Waals surface area contributed by atoms with Crippen LogP contribution in [0.5, 0.6) is 0 Å². The summed E-state index contributed by atoms with van der Waals surface area (Å²) in [6.45, 7) is 3.74. The topological polar surface area (TPSA) is 87.3 Å². The third-order valence-electron chi connectivity index (χ3n) is 4.28. The molecule has 0 saturated heterocycles. The lowest BCUT2D eigenvalue weighted by atomic mass is 10.1. The number of para-hydroxylation sites is 1. The van der Waals surface area contributed by atoms with E-state index in [9.17, 15) is 14.4 Å². The zero-order valence-corrected chi connectivity index (χ0v) is 16.8. The fraction of sp³-hybridized carbons (Fsp3) is 0.125. The molecule has 3 rings (SSSR count). The van der Waals surface area contributed by atoms with Crippen molar-refractivity contribution < 1.29 is 14.4 Å². The quantitative estimate of drug-likeness (QED) is 0.575. The van der Waals surface area contributed by atoms with E-state index in [1.54, 1.807) is 72.8 Å². The molecule has 0 aliphatic rings. The summed E-state index contributed by atoms with van der Waals surface area (Å²) in [5.74, 6) is -0.821. The molecule has 0 unspecified atom stereocenters. The van der Waals surface area contributed by atoms with Crippen molar-refractivity contribution in [2.75, 3.05) is 10.6 Å². The average molecular weight is 401 g/mol. The number of hydrogen-bond acceptors (Lipinski definition) is 3. The molecule has 3 aromatic carbocycles. The number of carbonyl (C=O) groups is 3. The Hall–Kier alpha value is -3.93. The minimum absolute atomic E-state index is 0.0140. The van der Waals surface area contributed by atoms with Gasteiger partial charge in [0.2, 0.25) is 0 Å². The smallest absolute Gasteiger partial charge is 0.255 e. The Labute approximate surface area is 175 Å². The molecular formula is C24H23N3O3. The lowest BCUT2D eigenvalue weighted by Crippen LogP contribution is -2.31. The fourth-order valence-corrected chi connectivity index (χ4v) is 2.82. The molecule has 3 N–H and O–H groups in total. The maximum absolute atomic E-state index is 12.6. The summed E-state index contributed by atoms with van der Waals surface area (Å²) in [7, 11) is 0. The van der Waals surface area contributed by atoms with Crippen LogP contribution in [0.2, 0.25) is 0 Å². The van der Waals surface area contributed by atoms with Gasteiger partial charge in [-0.2, -0.15) is 0 Å². The van der Waals surface area contributed by atoms with Crippen LogP contribution in [-0.2, 0) is 0 Å². The van der Waals surface area contributed by atoms with Gasteiger partial charge in [0.15, 0.2) is 0 Å². The van der Waals surface area contributed by atoms with Crippen molar-refractivity contribution in [2.45, 2.75) is 19.9 Å². The highest BCUT2D eigenvalue weighted by Crippen LogP contribution is 2.18. The molecule has 0 fully saturated rings. The average Bonchev–Trinajstić information content (AvgIpc) is 2.74. The first-order valence-corrected chi connectivity index (χ1v) is 9.62. The fourth-order valence-electron chi connectivity index (χ4n) is 2.82. The maximum atomic E-state index is 12.6. The number of anilines is 2. The zero-order chi connectivity index (χ0) is 21.5. The minimum atomic E-state index is -0.347. The molecule has 152 valence electrons. The predicted molar refractivity (Wildman–Crippen MR) is 118 cm³/mol. The van der Waals surface area contributed by atoms with E-state index in [0.29, 0.717) is 28.1 Å². The number of carbonyl (C=O) groups excluding carboxylic acids is 3. The Bertz CT molecular complexity index is 1040. The molecule has 3 aromatic rings. The van der Waals surface area contributed by atoms with E-state index < -0.39 is 0 Å². The first-order chi connectivity index (χ1) is 14.4. The van der Waals surface area contributed by atoms with Crippen LogP contribution in [0.4, 0.5) is 11.4 Å². The zero-order valence-electron chi connectivity index (χ0n) is 16.8. The van der Waals surface area contributed by atoms with Crippen LogP contribution < -0.4 is 16.0 Å².